The van der Waals surface area contributed by atoms with Crippen LogP contribution in [0.25, 0.3) is 106 Å². The molecule has 2 aliphatic heterocycles. The zero-order valence-corrected chi connectivity index (χ0v) is 43.4. The summed E-state index contributed by atoms with van der Waals surface area (Å²) in [5.74, 6) is 2.04. The number of nitrogens with zero attached hydrogens (tertiary/aromatic N) is 19. The zero-order chi connectivity index (χ0) is 53.1. The van der Waals surface area contributed by atoms with Gasteiger partial charge in [0.1, 0.15) is 63.3 Å². The van der Waals surface area contributed by atoms with Crippen molar-refractivity contribution in [1.82, 2.24) is 73.2 Å². The summed E-state index contributed by atoms with van der Waals surface area (Å²) in [5.41, 5.74) is 12.0. The van der Waals surface area contributed by atoms with Crippen LogP contribution in [0, 0.1) is 34.0 Å². The lowest BCUT2D eigenvalue weighted by atomic mass is 9.99. The second-order valence-electron chi connectivity index (χ2n) is 20.8. The summed E-state index contributed by atoms with van der Waals surface area (Å²) < 4.78 is 5.75. The van der Waals surface area contributed by atoms with E-state index in [1.165, 1.54) is 0 Å². The Morgan fingerprint density at radius 3 is 1.91 bits per heavy atom. The third kappa shape index (κ3) is 7.33. The lowest BCUT2D eigenvalue weighted by molar-refractivity contribution is 0.312. The van der Waals surface area contributed by atoms with Gasteiger partial charge in [0.2, 0.25) is 0 Å². The second-order valence-corrected chi connectivity index (χ2v) is 20.8. The van der Waals surface area contributed by atoms with Crippen molar-refractivity contribution in [2.45, 2.75) is 25.9 Å². The number of para-hydroxylation sites is 2. The fourth-order valence-corrected chi connectivity index (χ4v) is 11.6. The number of pyridine rings is 3. The monoisotopic (exact) mass is 1030 g/mol. The smallest absolute Gasteiger partial charge is 0.168 e. The van der Waals surface area contributed by atoms with E-state index in [0.29, 0.717) is 132 Å². The van der Waals surface area contributed by atoms with Gasteiger partial charge in [0.25, 0.3) is 0 Å². The predicted molar refractivity (Wildman–Crippen MR) is 301 cm³/mol. The molecule has 9 aromatic heterocycles. The van der Waals surface area contributed by atoms with Crippen molar-refractivity contribution in [2.75, 3.05) is 88.6 Å². The fourth-order valence-electron chi connectivity index (χ4n) is 11.6. The minimum absolute atomic E-state index is 0.196. The Hall–Kier alpha value is -9.72. The summed E-state index contributed by atoms with van der Waals surface area (Å²) >= 11 is 0. The molecule has 2 N–H and O–H groups in total. The number of nitrogens with one attached hydrogen (secondary N) is 2. The lowest BCUT2D eigenvalue weighted by Crippen LogP contribution is -2.54. The van der Waals surface area contributed by atoms with E-state index in [-0.39, 0.29) is 17.6 Å². The molecule has 2 fully saturated rings. The maximum atomic E-state index is 11.4. The maximum Gasteiger partial charge on any atom is 0.168 e. The van der Waals surface area contributed by atoms with Crippen LogP contribution < -0.4 is 20.4 Å². The number of likely N-dealkylation sites (N-methyl/N-ethyl adjacent to an activating group) is 2. The van der Waals surface area contributed by atoms with Gasteiger partial charge >= 0.3 is 0 Å². The summed E-state index contributed by atoms with van der Waals surface area (Å²) in [5, 5.41) is 40.0. The number of piperazine rings is 2. The molecule has 3 aromatic carbocycles. The molecule has 21 nitrogen and oxygen atoms in total. The van der Waals surface area contributed by atoms with Crippen molar-refractivity contribution in [3.63, 3.8) is 0 Å². The van der Waals surface area contributed by atoms with E-state index in [1.807, 2.05) is 88.0 Å². The van der Waals surface area contributed by atoms with E-state index in [0.717, 1.165) is 55.1 Å². The van der Waals surface area contributed by atoms with Crippen LogP contribution in [0.4, 0.5) is 17.5 Å². The Kier molecular flexibility index (Phi) is 10.8. The Balaban J connectivity index is 0.996. The molecule has 21 heteroatoms. The fraction of sp³-hybridized carbons (Fsp3) is 0.263. The quantitative estimate of drug-likeness (QED) is 0.159. The van der Waals surface area contributed by atoms with Gasteiger partial charge in [-0.1, -0.05) is 24.3 Å². The molecule has 0 unspecified atom stereocenters. The molecule has 14 rings (SSSR count). The number of fused-ring (bicyclic) bond motifs is 15. The Bertz CT molecular complexity index is 4630. The van der Waals surface area contributed by atoms with Gasteiger partial charge in [0.05, 0.1) is 57.3 Å². The van der Waals surface area contributed by atoms with Gasteiger partial charge in [-0.2, -0.15) is 15.8 Å². The SMILES string of the molecule is C[C@@H]1CN(c2cnc3c(-c4ccc5c(c4)nc4c(C#N)cc6ncc(N7CCN(C)CC7)nc6n45)c(C#N)c4nc5ccc(-c6c(C#N)c7nc8ccccc8n7c7nc(NCCN(C)C)cnc67)cc5n4c3n2)C[C@H](C)N1. The summed E-state index contributed by atoms with van der Waals surface area (Å²) in [6.45, 7) is 10.6. The second kappa shape index (κ2) is 18.0. The number of rotatable bonds is 8. The van der Waals surface area contributed by atoms with Crippen molar-refractivity contribution < 1.29 is 0 Å². The predicted octanol–water partition coefficient (Wildman–Crippen LogP) is 6.78. The molecule has 382 valence electrons. The molecule has 0 radical (unpaired) electrons. The normalized spacial score (nSPS) is 16.5. The number of aromatic nitrogens is 12. The third-order valence-electron chi connectivity index (χ3n) is 15.2. The van der Waals surface area contributed by atoms with Crippen LogP contribution in [0.15, 0.2) is 85.3 Å². The molecular weight excluding hydrogens is 979 g/mol. The molecular formula is C57H49N21. The van der Waals surface area contributed by atoms with Gasteiger partial charge < -0.3 is 30.2 Å². The number of hydrogen-bond acceptors (Lipinski definition) is 18. The molecule has 12 aromatic rings. The van der Waals surface area contributed by atoms with Crippen LogP contribution in [0.5, 0.6) is 0 Å². The molecule has 2 saturated heterocycles. The number of imidazole rings is 3. The maximum absolute atomic E-state index is 11.4. The molecule has 11 heterocycles. The first-order valence-corrected chi connectivity index (χ1v) is 26.0. The zero-order valence-electron chi connectivity index (χ0n) is 43.4. The lowest BCUT2D eigenvalue weighted by Gasteiger charge is -2.36. The topological polar surface area (TPSA) is 238 Å². The van der Waals surface area contributed by atoms with Gasteiger partial charge in [-0.15, -0.1) is 0 Å². The van der Waals surface area contributed by atoms with E-state index >= 15 is 0 Å². The van der Waals surface area contributed by atoms with E-state index in [2.05, 4.69) is 69.3 Å². The number of hydrogen-bond donors (Lipinski definition) is 2. The van der Waals surface area contributed by atoms with Crippen molar-refractivity contribution in [3.05, 3.63) is 102 Å². The Morgan fingerprint density at radius 1 is 0.577 bits per heavy atom. The highest BCUT2D eigenvalue weighted by Gasteiger charge is 2.29. The third-order valence-corrected chi connectivity index (χ3v) is 15.2. The van der Waals surface area contributed by atoms with Crippen molar-refractivity contribution in [3.8, 4) is 40.5 Å². The standard InChI is InChI=1S/C57H49N21/c1-31-29-75(30-32(2)65-31)47-28-64-51-48(33-11-13-43-40(20-33)68-52-35(23-58)21-41-55(76(43)52)70-46(27-62-41)74-18-16-73(5)17-19-74)36(24-59)54-67-39-12-10-34(22-44(39)78(54)57(51)71-47)49-37(25-60)53-66-38-8-6-7-9-42(38)77(53)56-50(49)63-26-45(69-56)61-14-15-72(3)4/h6-13,20-22,26-28,31-32,65H,14-19,29-30H2,1-5H3,(H,61,69)/t31-,32+. The van der Waals surface area contributed by atoms with Crippen molar-refractivity contribution >= 4 is 101 Å². The first-order chi connectivity index (χ1) is 38.0. The van der Waals surface area contributed by atoms with Crippen LogP contribution in [-0.4, -0.2) is 153 Å². The highest BCUT2D eigenvalue weighted by molar-refractivity contribution is 6.06. The van der Waals surface area contributed by atoms with E-state index in [1.54, 1.807) is 24.7 Å². The minimum atomic E-state index is 0.196. The molecule has 2 aliphatic rings. The summed E-state index contributed by atoms with van der Waals surface area (Å²) in [7, 11) is 6.15. The number of nitriles is 3. The number of anilines is 3. The van der Waals surface area contributed by atoms with E-state index < -0.39 is 0 Å². The van der Waals surface area contributed by atoms with Crippen LogP contribution in [-0.2, 0) is 0 Å². The number of benzene rings is 3. The molecule has 0 bridgehead atoms. The van der Waals surface area contributed by atoms with Gasteiger partial charge in [0, 0.05) is 75.6 Å². The molecule has 0 saturated carbocycles. The highest BCUT2D eigenvalue weighted by atomic mass is 15.3. The van der Waals surface area contributed by atoms with E-state index in [9.17, 15) is 15.8 Å². The highest BCUT2D eigenvalue weighted by Crippen LogP contribution is 2.41. The average molecular weight is 1030 g/mol. The first-order valence-electron chi connectivity index (χ1n) is 26.0. The van der Waals surface area contributed by atoms with Crippen LogP contribution in [0.1, 0.15) is 30.5 Å². The molecule has 2 atom stereocenters. The van der Waals surface area contributed by atoms with Gasteiger partial charge in [0.15, 0.2) is 33.9 Å². The molecule has 0 amide bonds. The van der Waals surface area contributed by atoms with Crippen LogP contribution in [0.3, 0.4) is 0 Å². The summed E-state index contributed by atoms with van der Waals surface area (Å²) in [4.78, 5) is 55.0. The van der Waals surface area contributed by atoms with Gasteiger partial charge in [-0.05, 0) is 88.6 Å². The molecule has 0 aliphatic carbocycles. The van der Waals surface area contributed by atoms with Crippen LogP contribution >= 0.6 is 0 Å². The largest absolute Gasteiger partial charge is 0.367 e. The average Bonchev–Trinajstić information content (AvgIpc) is 4.34. The van der Waals surface area contributed by atoms with Crippen LogP contribution in [0.2, 0.25) is 0 Å². The van der Waals surface area contributed by atoms with Crippen molar-refractivity contribution in [1.29, 1.82) is 15.8 Å². The van der Waals surface area contributed by atoms with Crippen molar-refractivity contribution in [2.24, 2.45) is 0 Å². The van der Waals surface area contributed by atoms with Gasteiger partial charge in [-0.25, -0.2) is 44.9 Å². The summed E-state index contributed by atoms with van der Waals surface area (Å²) in [6.07, 6.45) is 5.27. The van der Waals surface area contributed by atoms with E-state index in [4.69, 9.17) is 44.9 Å². The minimum Gasteiger partial charge on any atom is -0.367 e. The Morgan fingerprint density at radius 2 is 1.18 bits per heavy atom. The molecule has 0 spiro atoms. The summed E-state index contributed by atoms with van der Waals surface area (Å²) in [6, 6.07) is 28.9. The van der Waals surface area contributed by atoms with Gasteiger partial charge in [-0.3, -0.25) is 13.2 Å². The molecule has 78 heavy (non-hydrogen) atoms. The Labute approximate surface area is 445 Å². The first kappa shape index (κ1) is 46.8.